The molecule has 0 radical (unpaired) electrons. The van der Waals surface area contributed by atoms with Gasteiger partial charge in [0.05, 0.1) is 29.0 Å². The summed E-state index contributed by atoms with van der Waals surface area (Å²) >= 11 is 1.15. The number of halogens is 1. The van der Waals surface area contributed by atoms with Crippen molar-refractivity contribution in [3.8, 4) is 0 Å². The second-order valence-electron chi connectivity index (χ2n) is 7.28. The van der Waals surface area contributed by atoms with E-state index in [2.05, 4.69) is 5.32 Å². The van der Waals surface area contributed by atoms with Gasteiger partial charge in [-0.1, -0.05) is 24.3 Å². The van der Waals surface area contributed by atoms with Crippen molar-refractivity contribution in [2.24, 2.45) is 0 Å². The van der Waals surface area contributed by atoms with Crippen LogP contribution in [0.2, 0.25) is 0 Å². The average Bonchev–Trinajstić information content (AvgIpc) is 3.09. The number of nitrogens with zero attached hydrogens (tertiary/aromatic N) is 1. The molecule has 4 rings (SSSR count). The molecular weight excluding hydrogens is 459 g/mol. The fraction of sp³-hybridized carbons (Fsp3) is 0.120. The minimum absolute atomic E-state index is 0.0245. The van der Waals surface area contributed by atoms with E-state index in [-0.39, 0.29) is 30.4 Å². The Labute approximate surface area is 198 Å². The summed E-state index contributed by atoms with van der Waals surface area (Å²) in [6.45, 7) is -0.220. The molecular formula is C25H19FN2O5S. The molecule has 1 N–H and O–H groups in total. The van der Waals surface area contributed by atoms with E-state index in [1.165, 1.54) is 24.3 Å². The van der Waals surface area contributed by atoms with Crippen LogP contribution in [0.25, 0.3) is 0 Å². The van der Waals surface area contributed by atoms with Crippen molar-refractivity contribution in [1.29, 1.82) is 0 Å². The van der Waals surface area contributed by atoms with Crippen molar-refractivity contribution in [2.75, 3.05) is 24.2 Å². The van der Waals surface area contributed by atoms with E-state index in [0.717, 1.165) is 16.7 Å². The van der Waals surface area contributed by atoms with Crippen LogP contribution in [-0.2, 0) is 9.53 Å². The minimum Gasteiger partial charge on any atom is -0.460 e. The number of esters is 1. The van der Waals surface area contributed by atoms with Gasteiger partial charge in [0.2, 0.25) is 5.91 Å². The van der Waals surface area contributed by atoms with E-state index in [1.54, 1.807) is 48.5 Å². The van der Waals surface area contributed by atoms with Crippen LogP contribution in [0.4, 0.5) is 10.1 Å². The molecule has 0 saturated heterocycles. The fourth-order valence-corrected chi connectivity index (χ4v) is 4.22. The summed E-state index contributed by atoms with van der Waals surface area (Å²) in [5.74, 6) is -2.15. The van der Waals surface area contributed by atoms with E-state index in [9.17, 15) is 23.6 Å². The highest BCUT2D eigenvalue weighted by Gasteiger charge is 2.34. The zero-order valence-electron chi connectivity index (χ0n) is 17.8. The molecule has 9 heteroatoms. The molecule has 0 aromatic heterocycles. The molecule has 3 aromatic rings. The lowest BCUT2D eigenvalue weighted by Crippen LogP contribution is -2.33. The smallest absolute Gasteiger partial charge is 0.339 e. The highest BCUT2D eigenvalue weighted by molar-refractivity contribution is 8.00. The summed E-state index contributed by atoms with van der Waals surface area (Å²) in [5, 5.41) is 2.66. The Morgan fingerprint density at radius 1 is 0.882 bits per heavy atom. The lowest BCUT2D eigenvalue weighted by Gasteiger charge is -2.14. The summed E-state index contributed by atoms with van der Waals surface area (Å²) < 4.78 is 18.3. The normalized spacial score (nSPS) is 12.4. The molecule has 0 atom stereocenters. The second kappa shape index (κ2) is 10.3. The Morgan fingerprint density at radius 2 is 1.50 bits per heavy atom. The number of rotatable bonds is 8. The van der Waals surface area contributed by atoms with Gasteiger partial charge in [0.25, 0.3) is 11.8 Å². The van der Waals surface area contributed by atoms with Gasteiger partial charge < -0.3 is 10.1 Å². The van der Waals surface area contributed by atoms with Crippen molar-refractivity contribution in [1.82, 2.24) is 4.90 Å². The zero-order valence-corrected chi connectivity index (χ0v) is 18.6. The van der Waals surface area contributed by atoms with Gasteiger partial charge in [0.15, 0.2) is 0 Å². The SMILES string of the molecule is O=C(CSc1ccccc1C(=O)OCCN1C(=O)c2ccccc2C1=O)Nc1ccc(F)cc1. The monoisotopic (exact) mass is 478 g/mol. The van der Waals surface area contributed by atoms with Crippen molar-refractivity contribution < 1.29 is 28.3 Å². The van der Waals surface area contributed by atoms with Crippen molar-refractivity contribution >= 4 is 41.1 Å². The second-order valence-corrected chi connectivity index (χ2v) is 8.30. The maximum atomic E-state index is 13.0. The number of thioether (sulfide) groups is 1. The number of carbonyl (C=O) groups excluding carboxylic acids is 4. The summed E-state index contributed by atoms with van der Waals surface area (Å²) in [6.07, 6.45) is 0. The van der Waals surface area contributed by atoms with E-state index < -0.39 is 23.6 Å². The molecule has 3 aromatic carbocycles. The molecule has 34 heavy (non-hydrogen) atoms. The summed E-state index contributed by atoms with van der Waals surface area (Å²) in [5.41, 5.74) is 1.40. The van der Waals surface area contributed by atoms with Crippen molar-refractivity contribution in [2.45, 2.75) is 4.90 Å². The van der Waals surface area contributed by atoms with Crippen LogP contribution in [0.15, 0.2) is 77.7 Å². The maximum absolute atomic E-state index is 13.0. The van der Waals surface area contributed by atoms with Gasteiger partial charge in [-0.25, -0.2) is 9.18 Å². The van der Waals surface area contributed by atoms with E-state index in [1.807, 2.05) is 0 Å². The number of anilines is 1. The van der Waals surface area contributed by atoms with Crippen molar-refractivity contribution in [3.05, 3.63) is 95.3 Å². The van der Waals surface area contributed by atoms with E-state index in [0.29, 0.717) is 21.7 Å². The van der Waals surface area contributed by atoms with Crippen LogP contribution in [0.3, 0.4) is 0 Å². The third-order valence-electron chi connectivity index (χ3n) is 5.02. The van der Waals surface area contributed by atoms with Gasteiger partial charge >= 0.3 is 5.97 Å². The number of imide groups is 1. The van der Waals surface area contributed by atoms with Crippen LogP contribution < -0.4 is 5.32 Å². The number of fused-ring (bicyclic) bond motifs is 1. The molecule has 0 fully saturated rings. The summed E-state index contributed by atoms with van der Waals surface area (Å²) in [6, 6.07) is 18.6. The van der Waals surface area contributed by atoms with Gasteiger partial charge in [0, 0.05) is 10.6 Å². The number of nitrogens with one attached hydrogen (secondary N) is 1. The van der Waals surface area contributed by atoms with E-state index >= 15 is 0 Å². The van der Waals surface area contributed by atoms with Crippen molar-refractivity contribution in [3.63, 3.8) is 0 Å². The number of hydrogen-bond donors (Lipinski definition) is 1. The molecule has 0 bridgehead atoms. The fourth-order valence-electron chi connectivity index (χ4n) is 3.38. The van der Waals surface area contributed by atoms with Crippen LogP contribution in [0, 0.1) is 5.82 Å². The lowest BCUT2D eigenvalue weighted by molar-refractivity contribution is -0.113. The number of carbonyl (C=O) groups is 4. The highest BCUT2D eigenvalue weighted by Crippen LogP contribution is 2.25. The predicted molar refractivity (Wildman–Crippen MR) is 124 cm³/mol. The molecule has 0 unspecified atom stereocenters. The van der Waals surface area contributed by atoms with Gasteiger partial charge in [-0.3, -0.25) is 19.3 Å². The molecule has 0 spiro atoms. The summed E-state index contributed by atoms with van der Waals surface area (Å²) in [7, 11) is 0. The molecule has 3 amide bonds. The molecule has 0 aliphatic carbocycles. The first-order valence-electron chi connectivity index (χ1n) is 10.3. The van der Waals surface area contributed by atoms with E-state index in [4.69, 9.17) is 4.74 Å². The molecule has 1 aliphatic rings. The topological polar surface area (TPSA) is 92.8 Å². The summed E-state index contributed by atoms with van der Waals surface area (Å²) in [4.78, 5) is 51.3. The first-order chi connectivity index (χ1) is 16.4. The largest absolute Gasteiger partial charge is 0.460 e. The zero-order chi connectivity index (χ0) is 24.1. The van der Waals surface area contributed by atoms with Gasteiger partial charge in [-0.15, -0.1) is 11.8 Å². The third-order valence-corrected chi connectivity index (χ3v) is 6.09. The average molecular weight is 479 g/mol. The number of benzene rings is 3. The van der Waals surface area contributed by atoms with Crippen LogP contribution in [0.5, 0.6) is 0 Å². The third kappa shape index (κ3) is 5.15. The Hall–Kier alpha value is -3.98. The standard InChI is InChI=1S/C25H19FN2O5S/c26-16-9-11-17(12-10-16)27-22(29)15-34-21-8-4-3-7-20(21)25(32)33-14-13-28-23(30)18-5-1-2-6-19(18)24(28)31/h1-12H,13-15H2,(H,27,29). The maximum Gasteiger partial charge on any atom is 0.339 e. The Kier molecular flexibility index (Phi) is 7.03. The van der Waals surface area contributed by atoms with Crippen LogP contribution in [-0.4, -0.2) is 47.5 Å². The van der Waals surface area contributed by atoms with Crippen LogP contribution >= 0.6 is 11.8 Å². The van der Waals surface area contributed by atoms with Crippen LogP contribution in [0.1, 0.15) is 31.1 Å². The minimum atomic E-state index is -0.626. The number of ether oxygens (including phenoxy) is 1. The molecule has 1 aliphatic heterocycles. The predicted octanol–water partition coefficient (Wildman–Crippen LogP) is 4.01. The Bertz CT molecular complexity index is 1230. The molecule has 1 heterocycles. The van der Waals surface area contributed by atoms with Gasteiger partial charge in [-0.2, -0.15) is 0 Å². The molecule has 0 saturated carbocycles. The molecule has 7 nitrogen and oxygen atoms in total. The Morgan fingerprint density at radius 3 is 2.18 bits per heavy atom. The van der Waals surface area contributed by atoms with Gasteiger partial charge in [0.1, 0.15) is 12.4 Å². The number of amides is 3. The quantitative estimate of drug-likeness (QED) is 0.299. The first-order valence-corrected chi connectivity index (χ1v) is 11.3. The van der Waals surface area contributed by atoms with Gasteiger partial charge in [-0.05, 0) is 48.5 Å². The molecule has 172 valence electrons. The number of hydrogen-bond acceptors (Lipinski definition) is 6. The Balaban J connectivity index is 1.31. The first kappa shape index (κ1) is 23.2. The highest BCUT2D eigenvalue weighted by atomic mass is 32.2. The lowest BCUT2D eigenvalue weighted by atomic mass is 10.1.